The average molecular weight is 193 g/mol. The Morgan fingerprint density at radius 3 is 3.00 bits per heavy atom. The topological polar surface area (TPSA) is 46.2 Å². The molecule has 0 spiro atoms. The van der Waals surface area contributed by atoms with Crippen molar-refractivity contribution >= 4 is 27.1 Å². The lowest BCUT2D eigenvalue weighted by Gasteiger charge is -2.05. The molecule has 0 aliphatic heterocycles. The number of fused-ring (bicyclic) bond motifs is 1. The van der Waals surface area contributed by atoms with Crippen LogP contribution in [0.15, 0.2) is 17.5 Å². The molecule has 68 valence electrons. The first-order valence-electron chi connectivity index (χ1n) is 4.21. The minimum atomic E-state index is 0.240. The van der Waals surface area contributed by atoms with E-state index < -0.39 is 0 Å². The summed E-state index contributed by atoms with van der Waals surface area (Å²) in [7, 11) is 0. The molecule has 1 aromatic carbocycles. The second kappa shape index (κ2) is 2.92. The van der Waals surface area contributed by atoms with Gasteiger partial charge in [-0.1, -0.05) is 6.92 Å². The van der Waals surface area contributed by atoms with E-state index in [1.165, 1.54) is 11.3 Å². The number of phenols is 1. The minimum Gasteiger partial charge on any atom is -0.504 e. The monoisotopic (exact) mass is 193 g/mol. The van der Waals surface area contributed by atoms with Crippen LogP contribution in [0, 0.1) is 0 Å². The predicted molar refractivity (Wildman–Crippen MR) is 57.3 cm³/mol. The Balaban J connectivity index is 2.83. The number of hydrogen-bond donors (Lipinski definition) is 2. The third-order valence-corrected chi connectivity index (χ3v) is 3.16. The summed E-state index contributed by atoms with van der Waals surface area (Å²) < 4.78 is 0.884. The fraction of sp³-hybridized carbons (Fsp3) is 0.200. The summed E-state index contributed by atoms with van der Waals surface area (Å²) >= 11 is 1.52. The van der Waals surface area contributed by atoms with Gasteiger partial charge < -0.3 is 10.8 Å². The summed E-state index contributed by atoms with van der Waals surface area (Å²) in [6.45, 7) is 2.03. The van der Waals surface area contributed by atoms with Gasteiger partial charge in [-0.2, -0.15) is 0 Å². The SMILES string of the molecule is CCc1cc2ccsc2c(O)c1N. The molecule has 2 rings (SSSR count). The summed E-state index contributed by atoms with van der Waals surface area (Å²) in [5.41, 5.74) is 7.32. The largest absolute Gasteiger partial charge is 0.504 e. The first-order valence-corrected chi connectivity index (χ1v) is 5.09. The van der Waals surface area contributed by atoms with Crippen molar-refractivity contribution in [3.05, 3.63) is 23.1 Å². The van der Waals surface area contributed by atoms with Gasteiger partial charge in [0.1, 0.15) is 0 Å². The van der Waals surface area contributed by atoms with E-state index in [0.717, 1.165) is 22.1 Å². The molecular formula is C10H11NOS. The Morgan fingerprint density at radius 1 is 1.54 bits per heavy atom. The van der Waals surface area contributed by atoms with Crippen molar-refractivity contribution in [1.82, 2.24) is 0 Å². The van der Waals surface area contributed by atoms with E-state index in [9.17, 15) is 5.11 Å². The zero-order valence-corrected chi connectivity index (χ0v) is 8.19. The first kappa shape index (κ1) is 8.38. The fourth-order valence-electron chi connectivity index (χ4n) is 1.46. The molecule has 2 aromatic rings. The number of anilines is 1. The van der Waals surface area contributed by atoms with Gasteiger partial charge in [0.25, 0.3) is 0 Å². The average Bonchev–Trinajstić information content (AvgIpc) is 2.59. The van der Waals surface area contributed by atoms with Crippen LogP contribution >= 0.6 is 11.3 Å². The van der Waals surface area contributed by atoms with Gasteiger partial charge in [-0.3, -0.25) is 0 Å². The zero-order valence-electron chi connectivity index (χ0n) is 7.37. The molecule has 13 heavy (non-hydrogen) atoms. The summed E-state index contributed by atoms with van der Waals surface area (Å²) in [5, 5.41) is 12.8. The lowest BCUT2D eigenvalue weighted by Crippen LogP contribution is -1.92. The number of aryl methyl sites for hydroxylation is 1. The van der Waals surface area contributed by atoms with E-state index in [1.807, 2.05) is 24.4 Å². The number of rotatable bonds is 1. The van der Waals surface area contributed by atoms with Crippen LogP contribution in [0.4, 0.5) is 5.69 Å². The third kappa shape index (κ3) is 1.16. The molecule has 0 saturated carbocycles. The van der Waals surface area contributed by atoms with Crippen molar-refractivity contribution in [2.24, 2.45) is 0 Å². The maximum Gasteiger partial charge on any atom is 0.156 e. The highest BCUT2D eigenvalue weighted by atomic mass is 32.1. The Bertz CT molecular complexity index is 447. The summed E-state index contributed by atoms with van der Waals surface area (Å²) in [5.74, 6) is 0.240. The van der Waals surface area contributed by atoms with Gasteiger partial charge in [-0.25, -0.2) is 0 Å². The standard InChI is InChI=1S/C10H11NOS/c1-2-6-5-7-3-4-13-10(7)9(12)8(6)11/h3-5,12H,2,11H2,1H3. The van der Waals surface area contributed by atoms with Crippen molar-refractivity contribution in [2.75, 3.05) is 5.73 Å². The van der Waals surface area contributed by atoms with E-state index in [-0.39, 0.29) is 5.75 Å². The zero-order chi connectivity index (χ0) is 9.42. The maximum absolute atomic E-state index is 9.74. The molecule has 0 radical (unpaired) electrons. The van der Waals surface area contributed by atoms with Crippen molar-refractivity contribution in [3.63, 3.8) is 0 Å². The smallest absolute Gasteiger partial charge is 0.156 e. The van der Waals surface area contributed by atoms with Crippen molar-refractivity contribution in [2.45, 2.75) is 13.3 Å². The quantitative estimate of drug-likeness (QED) is 0.540. The highest BCUT2D eigenvalue weighted by Gasteiger charge is 2.09. The molecule has 3 N–H and O–H groups in total. The molecule has 0 atom stereocenters. The van der Waals surface area contributed by atoms with Crippen LogP contribution in [0.5, 0.6) is 5.75 Å². The fourth-order valence-corrected chi connectivity index (χ4v) is 2.29. The van der Waals surface area contributed by atoms with Crippen molar-refractivity contribution < 1.29 is 5.11 Å². The lowest BCUT2D eigenvalue weighted by molar-refractivity contribution is 0.484. The lowest BCUT2D eigenvalue weighted by atomic mass is 10.1. The van der Waals surface area contributed by atoms with Crippen LogP contribution in [0.25, 0.3) is 10.1 Å². The molecule has 0 bridgehead atoms. The van der Waals surface area contributed by atoms with Gasteiger partial charge in [0.05, 0.1) is 10.4 Å². The number of hydrogen-bond acceptors (Lipinski definition) is 3. The van der Waals surface area contributed by atoms with Crippen LogP contribution in [-0.2, 0) is 6.42 Å². The Morgan fingerprint density at radius 2 is 2.31 bits per heavy atom. The van der Waals surface area contributed by atoms with Crippen LogP contribution in [0.2, 0.25) is 0 Å². The van der Waals surface area contributed by atoms with Gasteiger partial charge in [0, 0.05) is 0 Å². The molecule has 1 heterocycles. The van der Waals surface area contributed by atoms with Crippen LogP contribution in [0.3, 0.4) is 0 Å². The molecule has 0 saturated heterocycles. The molecule has 2 nitrogen and oxygen atoms in total. The van der Waals surface area contributed by atoms with E-state index in [0.29, 0.717) is 5.69 Å². The molecule has 1 aromatic heterocycles. The number of nitrogen functional groups attached to an aromatic ring is 1. The van der Waals surface area contributed by atoms with Crippen LogP contribution in [-0.4, -0.2) is 5.11 Å². The molecule has 3 heteroatoms. The van der Waals surface area contributed by atoms with E-state index >= 15 is 0 Å². The number of thiophene rings is 1. The maximum atomic E-state index is 9.74. The predicted octanol–water partition coefficient (Wildman–Crippen LogP) is 2.75. The molecule has 0 aliphatic rings. The van der Waals surface area contributed by atoms with Gasteiger partial charge in [-0.05, 0) is 34.9 Å². The number of nitrogens with two attached hydrogens (primary N) is 1. The van der Waals surface area contributed by atoms with Crippen LogP contribution in [0.1, 0.15) is 12.5 Å². The van der Waals surface area contributed by atoms with E-state index in [2.05, 4.69) is 0 Å². The molecule has 0 fully saturated rings. The van der Waals surface area contributed by atoms with Gasteiger partial charge in [0.2, 0.25) is 0 Å². The normalized spacial score (nSPS) is 10.8. The number of aromatic hydroxyl groups is 1. The third-order valence-electron chi connectivity index (χ3n) is 2.22. The van der Waals surface area contributed by atoms with Gasteiger partial charge in [0.15, 0.2) is 5.75 Å². The number of benzene rings is 1. The van der Waals surface area contributed by atoms with Gasteiger partial charge in [-0.15, -0.1) is 11.3 Å². The first-order chi connectivity index (χ1) is 6.24. The highest BCUT2D eigenvalue weighted by Crippen LogP contribution is 2.37. The Hall–Kier alpha value is -1.22. The summed E-state index contributed by atoms with van der Waals surface area (Å²) in [6, 6.07) is 4.04. The molecule has 0 amide bonds. The Kier molecular flexibility index (Phi) is 1.88. The van der Waals surface area contributed by atoms with E-state index in [1.54, 1.807) is 0 Å². The van der Waals surface area contributed by atoms with Crippen molar-refractivity contribution in [1.29, 1.82) is 0 Å². The van der Waals surface area contributed by atoms with Gasteiger partial charge >= 0.3 is 0 Å². The Labute approximate surface area is 80.6 Å². The van der Waals surface area contributed by atoms with Crippen molar-refractivity contribution in [3.8, 4) is 5.75 Å². The number of phenolic OH excluding ortho intramolecular Hbond substituents is 1. The van der Waals surface area contributed by atoms with Crippen LogP contribution < -0.4 is 5.73 Å². The molecule has 0 unspecified atom stereocenters. The summed E-state index contributed by atoms with van der Waals surface area (Å²) in [4.78, 5) is 0. The summed E-state index contributed by atoms with van der Waals surface area (Å²) in [6.07, 6.45) is 0.852. The molecule has 0 aliphatic carbocycles. The second-order valence-electron chi connectivity index (χ2n) is 2.99. The van der Waals surface area contributed by atoms with E-state index in [4.69, 9.17) is 5.73 Å². The molecular weight excluding hydrogens is 182 g/mol. The minimum absolute atomic E-state index is 0.240. The highest BCUT2D eigenvalue weighted by molar-refractivity contribution is 7.17. The second-order valence-corrected chi connectivity index (χ2v) is 3.91.